The highest BCUT2D eigenvalue weighted by molar-refractivity contribution is 7.91. The summed E-state index contributed by atoms with van der Waals surface area (Å²) in [7, 11) is -1.69. The van der Waals surface area contributed by atoms with Crippen molar-refractivity contribution in [3.63, 3.8) is 0 Å². The summed E-state index contributed by atoms with van der Waals surface area (Å²) in [5.41, 5.74) is 2.11. The topological polar surface area (TPSA) is 134 Å². The number of hydrogen-bond donors (Lipinski definition) is 1. The van der Waals surface area contributed by atoms with Gasteiger partial charge in [0.2, 0.25) is 0 Å². The number of allylic oxidation sites excluding steroid dienone is 1. The number of nitro benzene ring substituents is 1. The Morgan fingerprint density at radius 1 is 1.36 bits per heavy atom. The van der Waals surface area contributed by atoms with Gasteiger partial charge in [0.05, 0.1) is 4.92 Å². The largest absolute Gasteiger partial charge is 0.483 e. The van der Waals surface area contributed by atoms with Crippen LogP contribution in [0.5, 0.6) is 5.75 Å². The van der Waals surface area contributed by atoms with Gasteiger partial charge in [-0.15, -0.1) is 10.9 Å². The summed E-state index contributed by atoms with van der Waals surface area (Å²) in [6.45, 7) is 7.55. The van der Waals surface area contributed by atoms with Gasteiger partial charge in [0.25, 0.3) is 5.91 Å². The van der Waals surface area contributed by atoms with E-state index in [1.165, 1.54) is 17.7 Å². The molecular formula is C26H33N3O6S. The van der Waals surface area contributed by atoms with E-state index in [0.29, 0.717) is 12.8 Å². The monoisotopic (exact) mass is 515 g/mol. The molecule has 3 atom stereocenters. The van der Waals surface area contributed by atoms with E-state index in [9.17, 15) is 19.1 Å². The summed E-state index contributed by atoms with van der Waals surface area (Å²) in [4.78, 5) is 23.8. The van der Waals surface area contributed by atoms with Gasteiger partial charge in [-0.25, -0.2) is 9.35 Å². The minimum Gasteiger partial charge on any atom is -0.483 e. The SMILES string of the molecule is C=CC[C@H](C)CS(N)(=O)=NC(=O)c1ccc(OC[C@@]2(OC)CCCc3cc(C)ccc32)c([N+](=O)[O-])c1. The van der Waals surface area contributed by atoms with Crippen LogP contribution in [0.3, 0.4) is 0 Å². The van der Waals surface area contributed by atoms with Crippen molar-refractivity contribution >= 4 is 21.5 Å². The molecule has 3 rings (SSSR count). The van der Waals surface area contributed by atoms with Gasteiger partial charge in [-0.05, 0) is 61.8 Å². The molecule has 2 N–H and O–H groups in total. The number of nitrogens with zero attached hydrogens (tertiary/aromatic N) is 2. The zero-order valence-electron chi connectivity index (χ0n) is 20.9. The standard InChI is InChI=1S/C26H33N3O6S/c1-5-7-19(3)16-36(27,33)28-25(30)21-10-12-24(23(15-21)29(31)32)35-17-26(34-4)13-6-8-20-14-18(2)9-11-22(20)26/h5,9-12,14-15,19H,1,6-8,13,16-17H2,2-4H3,(H2,27,28,30,33)/t19-,26-,36?/m0/s1. The number of ether oxygens (including phenoxy) is 2. The molecule has 0 bridgehead atoms. The van der Waals surface area contributed by atoms with E-state index in [2.05, 4.69) is 17.0 Å². The zero-order chi connectivity index (χ0) is 26.5. The van der Waals surface area contributed by atoms with Crippen molar-refractivity contribution in [1.29, 1.82) is 0 Å². The quantitative estimate of drug-likeness (QED) is 0.273. The second-order valence-corrected chi connectivity index (χ2v) is 11.2. The number of fused-ring (bicyclic) bond motifs is 1. The first kappa shape index (κ1) is 27.5. The fourth-order valence-electron chi connectivity index (χ4n) is 4.59. The lowest BCUT2D eigenvalue weighted by Crippen LogP contribution is -2.39. The van der Waals surface area contributed by atoms with Crippen molar-refractivity contribution in [2.24, 2.45) is 15.4 Å². The zero-order valence-corrected chi connectivity index (χ0v) is 21.7. The van der Waals surface area contributed by atoms with Crippen molar-refractivity contribution in [3.8, 4) is 5.75 Å². The van der Waals surface area contributed by atoms with Gasteiger partial charge in [0, 0.05) is 24.5 Å². The van der Waals surface area contributed by atoms with Crippen LogP contribution in [0.1, 0.15) is 53.2 Å². The molecule has 9 nitrogen and oxygen atoms in total. The van der Waals surface area contributed by atoms with Gasteiger partial charge in [-0.2, -0.15) is 0 Å². The van der Waals surface area contributed by atoms with Gasteiger partial charge in [-0.3, -0.25) is 14.9 Å². The smallest absolute Gasteiger partial charge is 0.311 e. The molecular weight excluding hydrogens is 482 g/mol. The molecule has 1 unspecified atom stereocenters. The average Bonchev–Trinajstić information content (AvgIpc) is 2.81. The first-order valence-electron chi connectivity index (χ1n) is 11.7. The van der Waals surface area contributed by atoms with Crippen LogP contribution in [0, 0.1) is 23.0 Å². The molecule has 1 amide bonds. The highest BCUT2D eigenvalue weighted by Gasteiger charge is 2.38. The van der Waals surface area contributed by atoms with Gasteiger partial charge < -0.3 is 9.47 Å². The molecule has 0 spiro atoms. The molecule has 0 fully saturated rings. The summed E-state index contributed by atoms with van der Waals surface area (Å²) < 4.78 is 28.1. The highest BCUT2D eigenvalue weighted by atomic mass is 32.2. The molecule has 2 aromatic carbocycles. The predicted octanol–water partition coefficient (Wildman–Crippen LogP) is 4.85. The van der Waals surface area contributed by atoms with E-state index in [4.69, 9.17) is 14.6 Å². The molecule has 0 aromatic heterocycles. The molecule has 0 saturated carbocycles. The summed E-state index contributed by atoms with van der Waals surface area (Å²) in [5, 5.41) is 17.6. The van der Waals surface area contributed by atoms with Crippen molar-refractivity contribution in [2.75, 3.05) is 19.5 Å². The number of aryl methyl sites for hydroxylation is 2. The Hall–Kier alpha value is -3.08. The third-order valence-electron chi connectivity index (χ3n) is 6.36. The molecule has 2 aromatic rings. The lowest BCUT2D eigenvalue weighted by atomic mass is 9.79. The van der Waals surface area contributed by atoms with E-state index in [1.807, 2.05) is 26.0 Å². The predicted molar refractivity (Wildman–Crippen MR) is 139 cm³/mol. The third kappa shape index (κ3) is 6.37. The molecule has 36 heavy (non-hydrogen) atoms. The second-order valence-electron chi connectivity index (χ2n) is 9.32. The maximum absolute atomic E-state index is 12.6. The molecule has 0 aliphatic heterocycles. The van der Waals surface area contributed by atoms with Crippen molar-refractivity contribution in [2.45, 2.75) is 45.1 Å². The Labute approximate surface area is 212 Å². The average molecular weight is 516 g/mol. The number of nitro groups is 1. The van der Waals surface area contributed by atoms with E-state index >= 15 is 0 Å². The number of benzene rings is 2. The minimum atomic E-state index is -3.30. The maximum Gasteiger partial charge on any atom is 0.311 e. The van der Waals surface area contributed by atoms with Crippen LogP contribution in [0.25, 0.3) is 0 Å². The summed E-state index contributed by atoms with van der Waals surface area (Å²) in [6, 6.07) is 9.94. The molecule has 0 heterocycles. The van der Waals surface area contributed by atoms with Crippen LogP contribution >= 0.6 is 0 Å². The van der Waals surface area contributed by atoms with Crippen LogP contribution in [0.4, 0.5) is 5.69 Å². The van der Waals surface area contributed by atoms with Crippen molar-refractivity contribution in [3.05, 3.63) is 81.4 Å². The van der Waals surface area contributed by atoms with Crippen molar-refractivity contribution < 1.29 is 23.4 Å². The Balaban J connectivity index is 1.86. The van der Waals surface area contributed by atoms with E-state index in [1.54, 1.807) is 13.2 Å². The highest BCUT2D eigenvalue weighted by Crippen LogP contribution is 2.40. The van der Waals surface area contributed by atoms with Crippen LogP contribution in [-0.4, -0.2) is 34.5 Å². The van der Waals surface area contributed by atoms with Crippen LogP contribution < -0.4 is 9.88 Å². The lowest BCUT2D eigenvalue weighted by Gasteiger charge is -2.37. The normalized spacial score (nSPS) is 19.4. The van der Waals surface area contributed by atoms with Gasteiger partial charge >= 0.3 is 5.69 Å². The lowest BCUT2D eigenvalue weighted by molar-refractivity contribution is -0.386. The Morgan fingerprint density at radius 2 is 2.11 bits per heavy atom. The Kier molecular flexibility index (Phi) is 8.65. The maximum atomic E-state index is 12.6. The molecule has 194 valence electrons. The van der Waals surface area contributed by atoms with Crippen LogP contribution in [-0.2, 0) is 26.7 Å². The number of carbonyl (C=O) groups is 1. The fourth-order valence-corrected chi connectivity index (χ4v) is 6.01. The molecule has 0 saturated heterocycles. The fraction of sp³-hybridized carbons (Fsp3) is 0.423. The third-order valence-corrected chi connectivity index (χ3v) is 7.88. The minimum absolute atomic E-state index is 0.000275. The molecule has 0 radical (unpaired) electrons. The number of amides is 1. The molecule has 10 heteroatoms. The summed E-state index contributed by atoms with van der Waals surface area (Å²) in [6.07, 6.45) is 4.78. The van der Waals surface area contributed by atoms with Crippen molar-refractivity contribution in [1.82, 2.24) is 0 Å². The number of methoxy groups -OCH3 is 1. The Bertz CT molecular complexity index is 1280. The molecule has 1 aliphatic rings. The van der Waals surface area contributed by atoms with E-state index in [0.717, 1.165) is 30.0 Å². The summed E-state index contributed by atoms with van der Waals surface area (Å²) >= 11 is 0. The van der Waals surface area contributed by atoms with E-state index in [-0.39, 0.29) is 29.6 Å². The first-order valence-corrected chi connectivity index (χ1v) is 13.5. The molecule has 1 aliphatic carbocycles. The van der Waals surface area contributed by atoms with Crippen LogP contribution in [0.2, 0.25) is 0 Å². The van der Waals surface area contributed by atoms with Gasteiger partial charge in [0.15, 0.2) is 5.75 Å². The van der Waals surface area contributed by atoms with E-state index < -0.39 is 32.0 Å². The van der Waals surface area contributed by atoms with Gasteiger partial charge in [-0.1, -0.05) is 36.8 Å². The number of nitrogens with two attached hydrogens (primary N) is 1. The number of carbonyl (C=O) groups excluding carboxylic acids is 1. The van der Waals surface area contributed by atoms with Crippen LogP contribution in [0.15, 0.2) is 53.4 Å². The number of rotatable bonds is 10. The number of hydrogen-bond acceptors (Lipinski definition) is 6. The summed E-state index contributed by atoms with van der Waals surface area (Å²) in [5.74, 6) is -0.953. The Morgan fingerprint density at radius 3 is 2.78 bits per heavy atom. The first-order chi connectivity index (χ1) is 17.0. The second kappa shape index (κ2) is 11.3. The van der Waals surface area contributed by atoms with Gasteiger partial charge in [0.1, 0.15) is 22.1 Å².